The van der Waals surface area contributed by atoms with Gasteiger partial charge in [0.05, 0.1) is 5.56 Å². The molecule has 5 heteroatoms. The summed E-state index contributed by atoms with van der Waals surface area (Å²) in [6.45, 7) is 3.17. The van der Waals surface area contributed by atoms with Gasteiger partial charge in [-0.05, 0) is 31.7 Å². The summed E-state index contributed by atoms with van der Waals surface area (Å²) in [5.74, 6) is 0. The van der Waals surface area contributed by atoms with Crippen LogP contribution in [-0.4, -0.2) is 23.9 Å². The Hall–Kier alpha value is -0.740. The molecule has 0 saturated carbocycles. The van der Waals surface area contributed by atoms with Crippen LogP contribution < -0.4 is 0 Å². The number of hydrogen-bond donors (Lipinski definition) is 0. The Balaban J connectivity index is 2.63. The fourth-order valence-electron chi connectivity index (χ4n) is 1.60. The lowest BCUT2D eigenvalue weighted by molar-refractivity contribution is -0.137. The lowest BCUT2D eigenvalue weighted by Gasteiger charge is -2.18. The van der Waals surface area contributed by atoms with Crippen molar-refractivity contribution in [3.8, 4) is 0 Å². The summed E-state index contributed by atoms with van der Waals surface area (Å²) in [5, 5.41) is 0.0226. The minimum Gasteiger partial charge on any atom is -0.301 e. The first-order valence-electron chi connectivity index (χ1n) is 5.28. The van der Waals surface area contributed by atoms with Gasteiger partial charge in [0.2, 0.25) is 0 Å². The molecule has 0 fully saturated rings. The van der Waals surface area contributed by atoms with E-state index in [1.54, 1.807) is 0 Å². The van der Waals surface area contributed by atoms with Gasteiger partial charge in [-0.2, -0.15) is 13.2 Å². The van der Waals surface area contributed by atoms with E-state index in [-0.39, 0.29) is 5.38 Å². The molecule has 1 rings (SSSR count). The van der Waals surface area contributed by atoms with Crippen LogP contribution in [0.3, 0.4) is 0 Å². The standard InChI is InChI=1S/C12H15ClF3N/c1-9(13)7-17(2)8-10-3-5-11(6-4-10)12(14,15)16/h3-6,9H,7-8H2,1-2H3. The first kappa shape index (κ1) is 14.3. The molecule has 0 spiro atoms. The predicted octanol–water partition coefficient (Wildman–Crippen LogP) is 3.76. The van der Waals surface area contributed by atoms with Gasteiger partial charge in [-0.15, -0.1) is 11.6 Å². The van der Waals surface area contributed by atoms with E-state index in [0.717, 1.165) is 17.7 Å². The van der Waals surface area contributed by atoms with Crippen molar-refractivity contribution >= 4 is 11.6 Å². The molecule has 0 aliphatic heterocycles. The third kappa shape index (κ3) is 4.96. The molecule has 1 aromatic rings. The van der Waals surface area contributed by atoms with Gasteiger partial charge in [-0.25, -0.2) is 0 Å². The molecule has 17 heavy (non-hydrogen) atoms. The number of nitrogens with zero attached hydrogens (tertiary/aromatic N) is 1. The number of rotatable bonds is 4. The zero-order chi connectivity index (χ0) is 13.1. The van der Waals surface area contributed by atoms with E-state index in [9.17, 15) is 13.2 Å². The highest BCUT2D eigenvalue weighted by Crippen LogP contribution is 2.29. The molecule has 1 unspecified atom stereocenters. The van der Waals surface area contributed by atoms with E-state index in [0.29, 0.717) is 13.1 Å². The third-order valence-electron chi connectivity index (χ3n) is 2.30. The van der Waals surface area contributed by atoms with Gasteiger partial charge in [0, 0.05) is 18.5 Å². The lowest BCUT2D eigenvalue weighted by Crippen LogP contribution is -2.24. The molecule has 1 aromatic carbocycles. The molecule has 1 atom stereocenters. The van der Waals surface area contributed by atoms with E-state index in [1.807, 2.05) is 18.9 Å². The Morgan fingerprint density at radius 1 is 1.24 bits per heavy atom. The fraction of sp³-hybridized carbons (Fsp3) is 0.500. The molecule has 96 valence electrons. The minimum atomic E-state index is -4.27. The smallest absolute Gasteiger partial charge is 0.301 e. The average molecular weight is 266 g/mol. The molecule has 0 aliphatic rings. The van der Waals surface area contributed by atoms with Crippen LogP contribution in [-0.2, 0) is 12.7 Å². The van der Waals surface area contributed by atoms with E-state index in [1.165, 1.54) is 12.1 Å². The number of alkyl halides is 4. The summed E-state index contributed by atoms with van der Waals surface area (Å²) < 4.78 is 37.0. The quantitative estimate of drug-likeness (QED) is 0.749. The highest BCUT2D eigenvalue weighted by molar-refractivity contribution is 6.20. The fourth-order valence-corrected chi connectivity index (χ4v) is 1.84. The van der Waals surface area contributed by atoms with Crippen LogP contribution in [0.4, 0.5) is 13.2 Å². The van der Waals surface area contributed by atoms with Crippen molar-refractivity contribution in [2.24, 2.45) is 0 Å². The molecule has 0 amide bonds. The summed E-state index contributed by atoms with van der Waals surface area (Å²) in [7, 11) is 1.89. The second-order valence-corrected chi connectivity index (χ2v) is 4.92. The largest absolute Gasteiger partial charge is 0.416 e. The SMILES string of the molecule is CC(Cl)CN(C)Cc1ccc(C(F)(F)F)cc1. The van der Waals surface area contributed by atoms with Crippen LogP contribution in [0.5, 0.6) is 0 Å². The zero-order valence-corrected chi connectivity index (χ0v) is 10.5. The highest BCUT2D eigenvalue weighted by Gasteiger charge is 2.29. The van der Waals surface area contributed by atoms with Crippen molar-refractivity contribution < 1.29 is 13.2 Å². The Kier molecular flexibility index (Phi) is 4.83. The molecular formula is C12H15ClF3N. The first-order chi connectivity index (χ1) is 7.79. The van der Waals surface area contributed by atoms with Crippen molar-refractivity contribution in [2.45, 2.75) is 25.0 Å². The summed E-state index contributed by atoms with van der Waals surface area (Å²) in [6.07, 6.45) is -4.27. The summed E-state index contributed by atoms with van der Waals surface area (Å²) >= 11 is 5.83. The topological polar surface area (TPSA) is 3.24 Å². The molecule has 0 N–H and O–H groups in total. The molecule has 0 aromatic heterocycles. The van der Waals surface area contributed by atoms with Crippen LogP contribution in [0.1, 0.15) is 18.1 Å². The lowest BCUT2D eigenvalue weighted by atomic mass is 10.1. The van der Waals surface area contributed by atoms with Gasteiger partial charge in [-0.3, -0.25) is 0 Å². The van der Waals surface area contributed by atoms with Crippen molar-refractivity contribution in [1.29, 1.82) is 0 Å². The number of benzene rings is 1. The summed E-state index contributed by atoms with van der Waals surface area (Å²) in [5.41, 5.74) is 0.229. The van der Waals surface area contributed by atoms with Gasteiger partial charge >= 0.3 is 6.18 Å². The first-order valence-corrected chi connectivity index (χ1v) is 5.71. The Morgan fingerprint density at radius 2 is 1.76 bits per heavy atom. The monoisotopic (exact) mass is 265 g/mol. The summed E-state index contributed by atoms with van der Waals surface area (Å²) in [6, 6.07) is 5.21. The second kappa shape index (κ2) is 5.74. The molecule has 0 heterocycles. The van der Waals surface area contributed by atoms with Crippen LogP contribution in [0.25, 0.3) is 0 Å². The van der Waals surface area contributed by atoms with Crippen LogP contribution in [0.2, 0.25) is 0 Å². The normalized spacial score (nSPS) is 14.1. The van der Waals surface area contributed by atoms with E-state index < -0.39 is 11.7 Å². The van der Waals surface area contributed by atoms with Crippen molar-refractivity contribution in [3.05, 3.63) is 35.4 Å². The Bertz CT molecular complexity index is 346. The molecule has 0 saturated heterocycles. The van der Waals surface area contributed by atoms with Crippen molar-refractivity contribution in [3.63, 3.8) is 0 Å². The van der Waals surface area contributed by atoms with E-state index in [4.69, 9.17) is 11.6 Å². The van der Waals surface area contributed by atoms with Crippen molar-refractivity contribution in [1.82, 2.24) is 4.90 Å². The number of hydrogen-bond acceptors (Lipinski definition) is 1. The minimum absolute atomic E-state index is 0.0226. The molecule has 0 radical (unpaired) electrons. The highest BCUT2D eigenvalue weighted by atomic mass is 35.5. The van der Waals surface area contributed by atoms with Gasteiger partial charge in [0.25, 0.3) is 0 Å². The van der Waals surface area contributed by atoms with Gasteiger partial charge in [-0.1, -0.05) is 12.1 Å². The maximum absolute atomic E-state index is 12.3. The predicted molar refractivity (Wildman–Crippen MR) is 63.1 cm³/mol. The average Bonchev–Trinajstić information content (AvgIpc) is 2.15. The van der Waals surface area contributed by atoms with Crippen LogP contribution in [0.15, 0.2) is 24.3 Å². The molecule has 0 aliphatic carbocycles. The molecule has 0 bridgehead atoms. The zero-order valence-electron chi connectivity index (χ0n) is 9.76. The molecule has 1 nitrogen and oxygen atoms in total. The Morgan fingerprint density at radius 3 is 2.18 bits per heavy atom. The van der Waals surface area contributed by atoms with Crippen LogP contribution >= 0.6 is 11.6 Å². The van der Waals surface area contributed by atoms with E-state index >= 15 is 0 Å². The van der Waals surface area contributed by atoms with Gasteiger partial charge in [0.1, 0.15) is 0 Å². The second-order valence-electron chi connectivity index (χ2n) is 4.17. The van der Waals surface area contributed by atoms with Gasteiger partial charge in [0.15, 0.2) is 0 Å². The Labute approximate surface area is 104 Å². The maximum Gasteiger partial charge on any atom is 0.416 e. The number of halogens is 4. The third-order valence-corrected chi connectivity index (χ3v) is 2.44. The van der Waals surface area contributed by atoms with E-state index in [2.05, 4.69) is 0 Å². The molecular weight excluding hydrogens is 251 g/mol. The van der Waals surface area contributed by atoms with Crippen molar-refractivity contribution in [2.75, 3.05) is 13.6 Å². The van der Waals surface area contributed by atoms with Gasteiger partial charge < -0.3 is 4.90 Å². The maximum atomic E-state index is 12.3. The van der Waals surface area contributed by atoms with Crippen LogP contribution in [0, 0.1) is 0 Å². The summed E-state index contributed by atoms with van der Waals surface area (Å²) in [4.78, 5) is 1.97.